The molecule has 7 heteroatoms. The van der Waals surface area contributed by atoms with E-state index in [4.69, 9.17) is 0 Å². The molecule has 2 amide bonds. The van der Waals surface area contributed by atoms with E-state index in [9.17, 15) is 14.7 Å². The van der Waals surface area contributed by atoms with Gasteiger partial charge < -0.3 is 25.1 Å². The quantitative estimate of drug-likeness (QED) is 0.794. The maximum atomic E-state index is 12.6. The molecular weight excluding hydrogens is 356 g/mol. The van der Waals surface area contributed by atoms with E-state index in [-0.39, 0.29) is 30.4 Å². The van der Waals surface area contributed by atoms with Crippen molar-refractivity contribution >= 4 is 23.2 Å². The molecule has 4 rings (SSSR count). The van der Waals surface area contributed by atoms with E-state index in [0.29, 0.717) is 26.2 Å². The van der Waals surface area contributed by atoms with Crippen molar-refractivity contribution in [3.8, 4) is 0 Å². The van der Waals surface area contributed by atoms with Crippen LogP contribution in [0, 0.1) is 5.92 Å². The van der Waals surface area contributed by atoms with Gasteiger partial charge in [0.1, 0.15) is 0 Å². The Balaban J connectivity index is 1.29. The molecule has 152 valence electrons. The van der Waals surface area contributed by atoms with Gasteiger partial charge in [0.2, 0.25) is 11.8 Å². The first-order chi connectivity index (χ1) is 13.6. The zero-order valence-electron chi connectivity index (χ0n) is 16.3. The van der Waals surface area contributed by atoms with Crippen LogP contribution < -0.4 is 10.2 Å². The highest BCUT2D eigenvalue weighted by Gasteiger charge is 2.35. The maximum Gasteiger partial charge on any atom is 0.241 e. The molecule has 1 aromatic carbocycles. The van der Waals surface area contributed by atoms with Crippen LogP contribution in [0.2, 0.25) is 0 Å². The van der Waals surface area contributed by atoms with E-state index in [1.54, 1.807) is 0 Å². The average Bonchev–Trinajstić information content (AvgIpc) is 3.58. The number of piperazine rings is 1. The summed E-state index contributed by atoms with van der Waals surface area (Å²) in [5.74, 6) is 0.588. The van der Waals surface area contributed by atoms with E-state index >= 15 is 0 Å². The van der Waals surface area contributed by atoms with E-state index in [1.165, 1.54) is 0 Å². The highest BCUT2D eigenvalue weighted by atomic mass is 16.3. The van der Waals surface area contributed by atoms with Crippen LogP contribution in [0.3, 0.4) is 0 Å². The SMILES string of the molecule is O=C(CNc1ccccc1N1CCC(O)CC1)N1CCN(C(=O)C2CC2)CC1. The summed E-state index contributed by atoms with van der Waals surface area (Å²) in [6.07, 6.45) is 3.39. The summed E-state index contributed by atoms with van der Waals surface area (Å²) in [6.45, 7) is 4.43. The van der Waals surface area contributed by atoms with Gasteiger partial charge in [-0.05, 0) is 37.8 Å². The lowest BCUT2D eigenvalue weighted by molar-refractivity contribution is -0.139. The molecule has 0 spiro atoms. The number of piperidine rings is 1. The predicted molar refractivity (Wildman–Crippen MR) is 108 cm³/mol. The fourth-order valence-corrected chi connectivity index (χ4v) is 4.05. The Hall–Kier alpha value is -2.28. The van der Waals surface area contributed by atoms with Crippen LogP contribution in [0.25, 0.3) is 0 Å². The summed E-state index contributed by atoms with van der Waals surface area (Å²) in [5, 5.41) is 13.0. The number of anilines is 2. The Bertz CT molecular complexity index is 705. The van der Waals surface area contributed by atoms with Gasteiger partial charge in [0, 0.05) is 45.2 Å². The van der Waals surface area contributed by atoms with Crippen molar-refractivity contribution in [2.75, 3.05) is 56.0 Å². The zero-order valence-corrected chi connectivity index (χ0v) is 16.3. The second-order valence-electron chi connectivity index (χ2n) is 8.07. The first-order valence-electron chi connectivity index (χ1n) is 10.4. The van der Waals surface area contributed by atoms with Crippen molar-refractivity contribution in [2.24, 2.45) is 5.92 Å². The van der Waals surface area contributed by atoms with Crippen molar-refractivity contribution in [3.05, 3.63) is 24.3 Å². The maximum absolute atomic E-state index is 12.6. The molecular formula is C21H30N4O3. The minimum atomic E-state index is -0.205. The van der Waals surface area contributed by atoms with Crippen LogP contribution in [0.15, 0.2) is 24.3 Å². The van der Waals surface area contributed by atoms with Gasteiger partial charge in [-0.2, -0.15) is 0 Å². The molecule has 0 unspecified atom stereocenters. The number of nitrogens with zero attached hydrogens (tertiary/aromatic N) is 3. The van der Waals surface area contributed by atoms with Gasteiger partial charge in [-0.15, -0.1) is 0 Å². The number of aliphatic hydroxyl groups is 1. The highest BCUT2D eigenvalue weighted by Crippen LogP contribution is 2.31. The van der Waals surface area contributed by atoms with Crippen molar-refractivity contribution in [1.82, 2.24) is 9.80 Å². The van der Waals surface area contributed by atoms with Crippen molar-refractivity contribution in [3.63, 3.8) is 0 Å². The lowest BCUT2D eigenvalue weighted by Crippen LogP contribution is -2.52. The monoisotopic (exact) mass is 386 g/mol. The van der Waals surface area contributed by atoms with Crippen LogP contribution in [0.1, 0.15) is 25.7 Å². The van der Waals surface area contributed by atoms with Crippen LogP contribution in [0.5, 0.6) is 0 Å². The molecule has 0 bridgehead atoms. The number of carbonyl (C=O) groups is 2. The molecule has 1 aromatic rings. The number of benzene rings is 1. The second-order valence-corrected chi connectivity index (χ2v) is 8.07. The molecule has 2 saturated heterocycles. The Labute approximate surface area is 166 Å². The first-order valence-corrected chi connectivity index (χ1v) is 10.4. The Kier molecular flexibility index (Phi) is 5.71. The smallest absolute Gasteiger partial charge is 0.241 e. The van der Waals surface area contributed by atoms with E-state index in [2.05, 4.69) is 16.3 Å². The normalized spacial score (nSPS) is 21.0. The van der Waals surface area contributed by atoms with Gasteiger partial charge in [-0.3, -0.25) is 9.59 Å². The lowest BCUT2D eigenvalue weighted by Gasteiger charge is -2.35. The molecule has 2 heterocycles. The number of carbonyl (C=O) groups excluding carboxylic acids is 2. The topological polar surface area (TPSA) is 76.1 Å². The molecule has 28 heavy (non-hydrogen) atoms. The number of aliphatic hydroxyl groups excluding tert-OH is 1. The molecule has 0 radical (unpaired) electrons. The van der Waals surface area contributed by atoms with E-state index in [1.807, 2.05) is 28.0 Å². The number of nitrogens with one attached hydrogen (secondary N) is 1. The van der Waals surface area contributed by atoms with Crippen molar-refractivity contribution in [1.29, 1.82) is 0 Å². The molecule has 2 N–H and O–H groups in total. The van der Waals surface area contributed by atoms with Crippen molar-refractivity contribution in [2.45, 2.75) is 31.8 Å². The number of hydrogen-bond acceptors (Lipinski definition) is 5. The van der Waals surface area contributed by atoms with E-state index < -0.39 is 0 Å². The molecule has 1 saturated carbocycles. The third-order valence-electron chi connectivity index (χ3n) is 6.01. The summed E-state index contributed by atoms with van der Waals surface area (Å²) in [6, 6.07) is 8.04. The zero-order chi connectivity index (χ0) is 19.5. The molecule has 0 atom stereocenters. The van der Waals surface area contributed by atoms with Crippen LogP contribution in [0.4, 0.5) is 11.4 Å². The van der Waals surface area contributed by atoms with Crippen LogP contribution >= 0.6 is 0 Å². The second kappa shape index (κ2) is 8.39. The summed E-state index contributed by atoms with van der Waals surface area (Å²) in [5.41, 5.74) is 2.04. The minimum absolute atomic E-state index is 0.0717. The van der Waals surface area contributed by atoms with Gasteiger partial charge in [0.25, 0.3) is 0 Å². The number of hydrogen-bond donors (Lipinski definition) is 2. The Morgan fingerprint density at radius 2 is 1.57 bits per heavy atom. The summed E-state index contributed by atoms with van der Waals surface area (Å²) < 4.78 is 0. The predicted octanol–water partition coefficient (Wildman–Crippen LogP) is 1.14. The third-order valence-corrected chi connectivity index (χ3v) is 6.01. The molecule has 0 aromatic heterocycles. The lowest BCUT2D eigenvalue weighted by atomic mass is 10.1. The van der Waals surface area contributed by atoms with Crippen LogP contribution in [-0.2, 0) is 9.59 Å². The Morgan fingerprint density at radius 3 is 2.25 bits per heavy atom. The molecule has 3 aliphatic rings. The van der Waals surface area contributed by atoms with Gasteiger partial charge in [0.15, 0.2) is 0 Å². The molecule has 2 aliphatic heterocycles. The minimum Gasteiger partial charge on any atom is -0.393 e. The summed E-state index contributed by atoms with van der Waals surface area (Å²) in [7, 11) is 0. The van der Waals surface area contributed by atoms with Crippen molar-refractivity contribution < 1.29 is 14.7 Å². The van der Waals surface area contributed by atoms with Gasteiger partial charge in [0.05, 0.1) is 24.0 Å². The number of para-hydroxylation sites is 2. The van der Waals surface area contributed by atoms with E-state index in [0.717, 1.165) is 50.1 Å². The number of amides is 2. The number of rotatable bonds is 5. The fourth-order valence-electron chi connectivity index (χ4n) is 4.05. The largest absolute Gasteiger partial charge is 0.393 e. The van der Waals surface area contributed by atoms with Gasteiger partial charge >= 0.3 is 0 Å². The van der Waals surface area contributed by atoms with Gasteiger partial charge in [-0.25, -0.2) is 0 Å². The van der Waals surface area contributed by atoms with Crippen LogP contribution in [-0.4, -0.2) is 78.6 Å². The molecule has 1 aliphatic carbocycles. The van der Waals surface area contributed by atoms with Gasteiger partial charge in [-0.1, -0.05) is 12.1 Å². The molecule has 3 fully saturated rings. The Morgan fingerprint density at radius 1 is 0.929 bits per heavy atom. The first kappa shape index (κ1) is 19.1. The standard InChI is InChI=1S/C21H30N4O3/c26-17-7-9-23(10-8-17)19-4-2-1-3-18(19)22-15-20(27)24-11-13-25(14-12-24)21(28)16-5-6-16/h1-4,16-17,22,26H,5-15H2. The third kappa shape index (κ3) is 4.41. The highest BCUT2D eigenvalue weighted by molar-refractivity contribution is 5.84. The molecule has 7 nitrogen and oxygen atoms in total. The average molecular weight is 386 g/mol. The summed E-state index contributed by atoms with van der Waals surface area (Å²) >= 11 is 0. The summed E-state index contributed by atoms with van der Waals surface area (Å²) in [4.78, 5) is 30.8. The fraction of sp³-hybridized carbons (Fsp3) is 0.619.